The van der Waals surface area contributed by atoms with E-state index in [0.717, 1.165) is 67.2 Å². The molecule has 0 saturated carbocycles. The second kappa shape index (κ2) is 16.8. The van der Waals surface area contributed by atoms with Gasteiger partial charge in [0.1, 0.15) is 11.2 Å². The summed E-state index contributed by atoms with van der Waals surface area (Å²) < 4.78 is 6.36. The molecule has 0 bridgehead atoms. The molecule has 0 aliphatic rings. The first-order valence-corrected chi connectivity index (χ1v) is 21.8. The number of rotatable bonds is 10. The van der Waals surface area contributed by atoms with Crippen molar-refractivity contribution in [1.82, 2.24) is 0 Å². The van der Waals surface area contributed by atoms with Crippen LogP contribution in [0.15, 0.2) is 253 Å². The highest BCUT2D eigenvalue weighted by Gasteiger charge is 2.20. The molecule has 11 rings (SSSR count). The van der Waals surface area contributed by atoms with E-state index < -0.39 is 0 Å². The van der Waals surface area contributed by atoms with Crippen molar-refractivity contribution >= 4 is 56.1 Å². The van der Waals surface area contributed by atoms with E-state index >= 15 is 0 Å². The molecule has 0 aliphatic heterocycles. The predicted octanol–water partition coefficient (Wildman–Crippen LogP) is 17.5. The molecule has 0 unspecified atom stereocenters. The van der Waals surface area contributed by atoms with Crippen LogP contribution in [0.5, 0.6) is 0 Å². The summed E-state index contributed by atoms with van der Waals surface area (Å²) in [7, 11) is 0. The second-order valence-corrected chi connectivity index (χ2v) is 16.2. The Kier molecular flexibility index (Phi) is 10.1. The van der Waals surface area contributed by atoms with E-state index in [1.54, 1.807) is 0 Å². The third-order valence-electron chi connectivity index (χ3n) is 12.2. The van der Waals surface area contributed by atoms with Crippen molar-refractivity contribution in [3.63, 3.8) is 0 Å². The van der Waals surface area contributed by atoms with E-state index in [0.29, 0.717) is 0 Å². The topological polar surface area (TPSA) is 19.6 Å². The lowest BCUT2D eigenvalue weighted by Crippen LogP contribution is -2.11. The Morgan fingerprint density at radius 2 is 0.672 bits per heavy atom. The van der Waals surface area contributed by atoms with Gasteiger partial charge in [-0.1, -0.05) is 158 Å². The molecule has 0 amide bonds. The van der Waals surface area contributed by atoms with Crippen molar-refractivity contribution in [3.8, 4) is 44.5 Å². The van der Waals surface area contributed by atoms with Crippen LogP contribution in [0.2, 0.25) is 0 Å². The Morgan fingerprint density at radius 1 is 0.281 bits per heavy atom. The molecule has 1 heterocycles. The van der Waals surface area contributed by atoms with Gasteiger partial charge in [-0.3, -0.25) is 0 Å². The standard InChI is InChI=1S/C61H44N2O/c1-43-18-14-16-28-59(43)63(49-25-12-5-13-26-49)51-36-32-47(33-37-51)58-42-55(44-19-6-2-7-20-44)57(41-56(58)45-21-8-3-9-22-45)46-30-34-50(35-31-46)62(48-23-10-4-11-24-48)52-38-39-54-53-27-15-17-29-60(53)64-61(54)40-52/h2-42H,1H3. The second-order valence-electron chi connectivity index (χ2n) is 16.2. The lowest BCUT2D eigenvalue weighted by molar-refractivity contribution is 0.669. The fourth-order valence-corrected chi connectivity index (χ4v) is 9.07. The van der Waals surface area contributed by atoms with Gasteiger partial charge in [-0.2, -0.15) is 0 Å². The molecule has 0 aliphatic carbocycles. The van der Waals surface area contributed by atoms with Gasteiger partial charge < -0.3 is 14.2 Å². The average Bonchev–Trinajstić information content (AvgIpc) is 3.74. The Morgan fingerprint density at radius 3 is 1.22 bits per heavy atom. The minimum absolute atomic E-state index is 0.867. The highest BCUT2D eigenvalue weighted by atomic mass is 16.3. The minimum Gasteiger partial charge on any atom is -0.456 e. The van der Waals surface area contributed by atoms with Gasteiger partial charge in [0.05, 0.1) is 0 Å². The number of hydrogen-bond donors (Lipinski definition) is 0. The first-order chi connectivity index (χ1) is 31.7. The van der Waals surface area contributed by atoms with Crippen LogP contribution >= 0.6 is 0 Å². The summed E-state index contributed by atoms with van der Waals surface area (Å²) in [5.41, 5.74) is 18.8. The maximum atomic E-state index is 6.36. The molecule has 304 valence electrons. The van der Waals surface area contributed by atoms with E-state index in [9.17, 15) is 0 Å². The van der Waals surface area contributed by atoms with Crippen LogP contribution in [0.3, 0.4) is 0 Å². The zero-order valence-electron chi connectivity index (χ0n) is 35.5. The number of para-hydroxylation sites is 4. The molecule has 10 aromatic carbocycles. The molecular weight excluding hydrogens is 777 g/mol. The normalized spacial score (nSPS) is 11.2. The Bertz CT molecular complexity index is 3360. The fourth-order valence-electron chi connectivity index (χ4n) is 9.07. The van der Waals surface area contributed by atoms with E-state index in [1.165, 1.54) is 38.9 Å². The van der Waals surface area contributed by atoms with Gasteiger partial charge in [0.2, 0.25) is 0 Å². The first kappa shape index (κ1) is 38.5. The van der Waals surface area contributed by atoms with Crippen LogP contribution in [-0.4, -0.2) is 0 Å². The lowest BCUT2D eigenvalue weighted by Gasteiger charge is -2.27. The van der Waals surface area contributed by atoms with E-state index in [4.69, 9.17) is 4.42 Å². The zero-order chi connectivity index (χ0) is 42.8. The fraction of sp³-hybridized carbons (Fsp3) is 0.0164. The number of anilines is 6. The van der Waals surface area contributed by atoms with Crippen LogP contribution < -0.4 is 9.80 Å². The number of nitrogens with zero attached hydrogens (tertiary/aromatic N) is 2. The van der Waals surface area contributed by atoms with Gasteiger partial charge >= 0.3 is 0 Å². The van der Waals surface area contributed by atoms with Gasteiger partial charge in [0, 0.05) is 51.0 Å². The molecule has 11 aromatic rings. The zero-order valence-corrected chi connectivity index (χ0v) is 35.5. The summed E-state index contributed by atoms with van der Waals surface area (Å²) in [6.07, 6.45) is 0. The maximum absolute atomic E-state index is 6.36. The predicted molar refractivity (Wildman–Crippen MR) is 270 cm³/mol. The van der Waals surface area contributed by atoms with Crippen molar-refractivity contribution in [3.05, 3.63) is 254 Å². The number of aryl methyl sites for hydroxylation is 1. The molecule has 0 saturated heterocycles. The summed E-state index contributed by atoms with van der Waals surface area (Å²) in [5.74, 6) is 0. The molecule has 0 radical (unpaired) electrons. The lowest BCUT2D eigenvalue weighted by atomic mass is 9.85. The highest BCUT2D eigenvalue weighted by molar-refractivity contribution is 6.06. The van der Waals surface area contributed by atoms with Crippen LogP contribution in [0.25, 0.3) is 66.4 Å². The molecule has 0 atom stereocenters. The number of benzene rings is 10. The quantitative estimate of drug-likeness (QED) is 0.137. The molecule has 0 fully saturated rings. The molecule has 1 aromatic heterocycles. The molecule has 0 spiro atoms. The summed E-state index contributed by atoms with van der Waals surface area (Å²) in [5, 5.41) is 2.24. The Hall–Kier alpha value is -8.40. The summed E-state index contributed by atoms with van der Waals surface area (Å²) in [6.45, 7) is 2.17. The minimum atomic E-state index is 0.867. The van der Waals surface area contributed by atoms with Crippen LogP contribution in [0.4, 0.5) is 34.1 Å². The van der Waals surface area contributed by atoms with Gasteiger partial charge in [-0.15, -0.1) is 0 Å². The SMILES string of the molecule is Cc1ccccc1N(c1ccccc1)c1ccc(-c2cc(-c3ccccc3)c(-c3ccc(N(c4ccccc4)c4ccc5c(c4)oc4ccccc45)cc3)cc2-c2ccccc2)cc1. The van der Waals surface area contributed by atoms with Gasteiger partial charge in [0.15, 0.2) is 0 Å². The molecular formula is C61H44N2O. The van der Waals surface area contributed by atoms with Crippen LogP contribution in [0.1, 0.15) is 5.56 Å². The van der Waals surface area contributed by atoms with Crippen molar-refractivity contribution in [2.45, 2.75) is 6.92 Å². The van der Waals surface area contributed by atoms with E-state index in [-0.39, 0.29) is 0 Å². The molecule has 0 N–H and O–H groups in total. The summed E-state index contributed by atoms with van der Waals surface area (Å²) in [6, 6.07) is 88.9. The monoisotopic (exact) mass is 820 g/mol. The Labute approximate surface area is 374 Å². The number of hydrogen-bond acceptors (Lipinski definition) is 3. The average molecular weight is 821 g/mol. The molecule has 64 heavy (non-hydrogen) atoms. The van der Waals surface area contributed by atoms with E-state index in [2.05, 4.69) is 253 Å². The van der Waals surface area contributed by atoms with Gasteiger partial charge in [-0.25, -0.2) is 0 Å². The van der Waals surface area contributed by atoms with Crippen molar-refractivity contribution in [2.75, 3.05) is 9.80 Å². The largest absolute Gasteiger partial charge is 0.456 e. The van der Waals surface area contributed by atoms with Crippen LogP contribution in [0, 0.1) is 6.92 Å². The highest BCUT2D eigenvalue weighted by Crippen LogP contribution is 2.45. The van der Waals surface area contributed by atoms with Crippen molar-refractivity contribution < 1.29 is 4.42 Å². The van der Waals surface area contributed by atoms with Crippen molar-refractivity contribution in [1.29, 1.82) is 0 Å². The third kappa shape index (κ3) is 7.29. The van der Waals surface area contributed by atoms with Gasteiger partial charge in [0.25, 0.3) is 0 Å². The van der Waals surface area contributed by atoms with E-state index in [1.807, 2.05) is 12.1 Å². The summed E-state index contributed by atoms with van der Waals surface area (Å²) in [4.78, 5) is 4.64. The molecule has 3 heteroatoms. The smallest absolute Gasteiger partial charge is 0.137 e. The Balaban J connectivity index is 1.03. The third-order valence-corrected chi connectivity index (χ3v) is 12.2. The maximum Gasteiger partial charge on any atom is 0.137 e. The summed E-state index contributed by atoms with van der Waals surface area (Å²) >= 11 is 0. The van der Waals surface area contributed by atoms with Crippen LogP contribution in [-0.2, 0) is 0 Å². The first-order valence-electron chi connectivity index (χ1n) is 21.8. The van der Waals surface area contributed by atoms with Crippen molar-refractivity contribution in [2.24, 2.45) is 0 Å². The molecule has 3 nitrogen and oxygen atoms in total. The number of fused-ring (bicyclic) bond motifs is 3. The van der Waals surface area contributed by atoms with Gasteiger partial charge in [-0.05, 0) is 142 Å². The number of furan rings is 1.